The smallest absolute Gasteiger partial charge is 0.255 e. The molecule has 0 aliphatic carbocycles. The largest absolute Gasteiger partial charge is 0.455 e. The minimum atomic E-state index is -1.26. The van der Waals surface area contributed by atoms with Crippen molar-refractivity contribution < 1.29 is 17.8 Å². The molecule has 39 heavy (non-hydrogen) atoms. The minimum Gasteiger partial charge on any atom is -0.455 e. The fourth-order valence-corrected chi connectivity index (χ4v) is 6.97. The molecule has 1 aromatic heterocycles. The second-order valence-corrected chi connectivity index (χ2v) is 12.2. The van der Waals surface area contributed by atoms with Crippen LogP contribution in [0.1, 0.15) is 40.2 Å². The first-order valence-corrected chi connectivity index (χ1v) is 15.2. The normalized spacial score (nSPS) is 16.8. The van der Waals surface area contributed by atoms with E-state index in [0.717, 1.165) is 41.1 Å². The Morgan fingerprint density at radius 1 is 1.18 bits per heavy atom. The molecule has 3 aromatic carbocycles. The summed E-state index contributed by atoms with van der Waals surface area (Å²) < 4.78 is 37.6. The summed E-state index contributed by atoms with van der Waals surface area (Å²) in [6.45, 7) is 3.41. The third kappa shape index (κ3) is 5.48. The molecule has 0 saturated carbocycles. The summed E-state index contributed by atoms with van der Waals surface area (Å²) in [5, 5.41) is 3.44. The zero-order valence-corrected chi connectivity index (χ0v) is 24.1. The van der Waals surface area contributed by atoms with E-state index >= 15 is 0 Å². The van der Waals surface area contributed by atoms with Crippen LogP contribution in [0.3, 0.4) is 0 Å². The molecule has 1 unspecified atom stereocenters. The van der Waals surface area contributed by atoms with E-state index in [9.17, 15) is 13.4 Å². The average molecular weight is 566 g/mol. The number of nitrogens with one attached hydrogen (secondary N) is 1. The number of hydrogen-bond acceptors (Lipinski definition) is 5. The first-order valence-electron chi connectivity index (χ1n) is 12.9. The summed E-state index contributed by atoms with van der Waals surface area (Å²) in [4.78, 5) is 13.9. The molecule has 2 heterocycles. The number of halogens is 1. The van der Waals surface area contributed by atoms with E-state index in [0.29, 0.717) is 34.4 Å². The lowest BCUT2D eigenvalue weighted by molar-refractivity contribution is 0.0964. The third-order valence-corrected chi connectivity index (χ3v) is 9.46. The number of carbonyl (C=O) groups excluding carboxylic acids is 1. The third-order valence-electron chi connectivity index (χ3n) is 7.26. The number of fused-ring (bicyclic) bond motifs is 1. The number of carbonyl (C=O) groups is 1. The lowest BCUT2D eigenvalue weighted by Crippen LogP contribution is -2.36. The quantitative estimate of drug-likeness (QED) is 0.258. The van der Waals surface area contributed by atoms with Crippen molar-refractivity contribution in [3.05, 3.63) is 83.2 Å². The molecular formula is C30H32FN3O3S2. The fourth-order valence-electron chi connectivity index (χ4n) is 5.22. The van der Waals surface area contributed by atoms with Crippen molar-refractivity contribution in [2.75, 3.05) is 37.7 Å². The van der Waals surface area contributed by atoms with Crippen molar-refractivity contribution in [3.63, 3.8) is 0 Å². The van der Waals surface area contributed by atoms with Crippen LogP contribution in [0.4, 0.5) is 10.1 Å². The van der Waals surface area contributed by atoms with Gasteiger partial charge in [0.15, 0.2) is 0 Å². The van der Waals surface area contributed by atoms with Gasteiger partial charge in [-0.15, -0.1) is 0 Å². The summed E-state index contributed by atoms with van der Waals surface area (Å²) in [5.41, 5.74) is 4.80. The number of piperidine rings is 1. The van der Waals surface area contributed by atoms with Gasteiger partial charge >= 0.3 is 0 Å². The number of amides is 1. The Morgan fingerprint density at radius 3 is 2.64 bits per heavy atom. The van der Waals surface area contributed by atoms with Crippen LogP contribution >= 0.6 is 11.9 Å². The van der Waals surface area contributed by atoms with Crippen LogP contribution < -0.4 is 9.62 Å². The van der Waals surface area contributed by atoms with E-state index in [4.69, 9.17) is 4.42 Å². The van der Waals surface area contributed by atoms with E-state index < -0.39 is 11.0 Å². The molecule has 0 spiro atoms. The molecule has 1 aliphatic heterocycles. The Hall–Kier alpha value is -3.14. The molecule has 6 nitrogen and oxygen atoms in total. The zero-order valence-electron chi connectivity index (χ0n) is 22.5. The van der Waals surface area contributed by atoms with Crippen molar-refractivity contribution in [2.24, 2.45) is 0 Å². The Kier molecular flexibility index (Phi) is 8.11. The minimum absolute atomic E-state index is 0.114. The highest BCUT2D eigenvalue weighted by molar-refractivity contribution is 7.99. The second-order valence-electron chi connectivity index (χ2n) is 9.77. The molecule has 4 aromatic rings. The highest BCUT2D eigenvalue weighted by Gasteiger charge is 2.30. The first kappa shape index (κ1) is 27.4. The van der Waals surface area contributed by atoms with Crippen LogP contribution in [0.5, 0.6) is 0 Å². The van der Waals surface area contributed by atoms with Gasteiger partial charge in [0.05, 0.1) is 16.1 Å². The van der Waals surface area contributed by atoms with Crippen LogP contribution in [0.2, 0.25) is 0 Å². The zero-order chi connectivity index (χ0) is 27.7. The summed E-state index contributed by atoms with van der Waals surface area (Å²) in [6.07, 6.45) is 3.87. The van der Waals surface area contributed by atoms with Crippen LogP contribution in [0.15, 0.2) is 70.0 Å². The summed E-state index contributed by atoms with van der Waals surface area (Å²) in [7, 11) is 2.34. The van der Waals surface area contributed by atoms with E-state index in [-0.39, 0.29) is 17.6 Å². The molecule has 1 aliphatic rings. The van der Waals surface area contributed by atoms with Gasteiger partial charge in [0.1, 0.15) is 28.1 Å². The van der Waals surface area contributed by atoms with Gasteiger partial charge in [-0.3, -0.25) is 4.79 Å². The van der Waals surface area contributed by atoms with Crippen LogP contribution in [0.25, 0.3) is 22.3 Å². The number of benzene rings is 3. The number of nitrogens with zero attached hydrogens (tertiary/aromatic N) is 2. The second kappa shape index (κ2) is 11.5. The van der Waals surface area contributed by atoms with E-state index in [1.54, 1.807) is 31.1 Å². The highest BCUT2D eigenvalue weighted by Crippen LogP contribution is 2.42. The molecule has 2 atom stereocenters. The molecule has 1 fully saturated rings. The van der Waals surface area contributed by atoms with Gasteiger partial charge in [0, 0.05) is 50.5 Å². The molecule has 1 N–H and O–H groups in total. The monoisotopic (exact) mass is 565 g/mol. The van der Waals surface area contributed by atoms with Crippen molar-refractivity contribution in [1.29, 1.82) is 0 Å². The van der Waals surface area contributed by atoms with Gasteiger partial charge in [0.25, 0.3) is 5.91 Å². The van der Waals surface area contributed by atoms with Crippen molar-refractivity contribution in [3.8, 4) is 11.3 Å². The lowest BCUT2D eigenvalue weighted by atomic mass is 9.89. The van der Waals surface area contributed by atoms with Gasteiger partial charge in [-0.2, -0.15) is 0 Å². The molecule has 0 bridgehead atoms. The predicted molar refractivity (Wildman–Crippen MR) is 158 cm³/mol. The van der Waals surface area contributed by atoms with Crippen LogP contribution in [-0.2, 0) is 11.0 Å². The lowest BCUT2D eigenvalue weighted by Gasteiger charge is -2.34. The van der Waals surface area contributed by atoms with Gasteiger partial charge < -0.3 is 14.0 Å². The highest BCUT2D eigenvalue weighted by atomic mass is 32.2. The number of furan rings is 1. The van der Waals surface area contributed by atoms with E-state index in [2.05, 4.69) is 20.0 Å². The number of hydrogen-bond donors (Lipinski definition) is 1. The molecule has 9 heteroatoms. The van der Waals surface area contributed by atoms with Crippen LogP contribution in [0, 0.1) is 12.7 Å². The maximum absolute atomic E-state index is 13.6. The molecular weight excluding hydrogens is 533 g/mol. The summed E-state index contributed by atoms with van der Waals surface area (Å²) in [5.74, 6) is -0.100. The van der Waals surface area contributed by atoms with Crippen molar-refractivity contribution in [2.45, 2.75) is 30.6 Å². The van der Waals surface area contributed by atoms with Gasteiger partial charge in [-0.1, -0.05) is 24.1 Å². The first-order chi connectivity index (χ1) is 18.8. The maximum Gasteiger partial charge on any atom is 0.255 e. The van der Waals surface area contributed by atoms with Gasteiger partial charge in [-0.05, 0) is 79.3 Å². The standard InChI is InChI=1S/C30H32FN3O3S2/c1-19-7-5-9-23(15-19)39(36)34-14-6-8-21(18-34)24-16-25-27(17-26(24)33(3)38-4)37-29(28(25)30(35)32-2)20-10-12-22(31)13-11-20/h5,7,9-13,15-17,21H,6,8,14,18H2,1-4H3,(H,32,35)/t21-,39?/m0/s1. The Bertz CT molecular complexity index is 1540. The average Bonchev–Trinajstić information content (AvgIpc) is 3.34. The Labute approximate surface area is 235 Å². The topological polar surface area (TPSA) is 65.8 Å². The van der Waals surface area contributed by atoms with Crippen molar-refractivity contribution in [1.82, 2.24) is 9.62 Å². The molecule has 1 amide bonds. The van der Waals surface area contributed by atoms with E-state index in [1.807, 2.05) is 50.6 Å². The van der Waals surface area contributed by atoms with Crippen LogP contribution in [-0.4, -0.2) is 47.9 Å². The molecule has 0 radical (unpaired) electrons. The van der Waals surface area contributed by atoms with Gasteiger partial charge in [0.2, 0.25) is 0 Å². The van der Waals surface area contributed by atoms with E-state index in [1.165, 1.54) is 12.1 Å². The Balaban J connectivity index is 1.61. The number of anilines is 1. The fraction of sp³-hybridized carbons (Fsp3) is 0.300. The predicted octanol–water partition coefficient (Wildman–Crippen LogP) is 6.52. The number of aryl methyl sites for hydroxylation is 1. The maximum atomic E-state index is 13.6. The summed E-state index contributed by atoms with van der Waals surface area (Å²) in [6, 6.07) is 17.9. The van der Waals surface area contributed by atoms with Gasteiger partial charge in [-0.25, -0.2) is 12.9 Å². The number of rotatable bonds is 7. The van der Waals surface area contributed by atoms with Crippen molar-refractivity contribution >= 4 is 45.5 Å². The Morgan fingerprint density at radius 2 is 1.95 bits per heavy atom. The molecule has 204 valence electrons. The summed E-state index contributed by atoms with van der Waals surface area (Å²) >= 11 is 1.59. The SMILES string of the molecule is CNC(=O)c1c(-c2ccc(F)cc2)oc2cc(N(C)SC)c([C@H]3CCCN(S(=O)c4cccc(C)c4)C3)cc12. The molecule has 1 saturated heterocycles. The molecule has 5 rings (SSSR count).